The minimum Gasteiger partial charge on any atom is -0.297 e. The van der Waals surface area contributed by atoms with Gasteiger partial charge in [0.2, 0.25) is 0 Å². The molecule has 1 aliphatic carbocycles. The van der Waals surface area contributed by atoms with E-state index in [1.54, 1.807) is 0 Å². The van der Waals surface area contributed by atoms with Crippen molar-refractivity contribution >= 4 is 15.9 Å². The van der Waals surface area contributed by atoms with Crippen LogP contribution in [-0.4, -0.2) is 6.04 Å². The van der Waals surface area contributed by atoms with Crippen molar-refractivity contribution in [2.45, 2.75) is 38.8 Å². The van der Waals surface area contributed by atoms with Gasteiger partial charge in [0.25, 0.3) is 0 Å². The van der Waals surface area contributed by atoms with Crippen LogP contribution in [0.5, 0.6) is 0 Å². The third kappa shape index (κ3) is 2.56. The predicted molar refractivity (Wildman–Crippen MR) is 75.8 cm³/mol. The Morgan fingerprint density at radius 3 is 2.88 bits per heavy atom. The van der Waals surface area contributed by atoms with Crippen LogP contribution in [-0.2, 0) is 6.42 Å². The molecule has 0 fully saturated rings. The molecule has 0 saturated carbocycles. The summed E-state index contributed by atoms with van der Waals surface area (Å²) in [6, 6.07) is 6.99. The maximum Gasteiger partial charge on any atom is 0.0714 e. The van der Waals surface area contributed by atoms with Gasteiger partial charge in [0, 0.05) is 10.5 Å². The molecule has 1 nitrogen and oxygen atoms in total. The highest BCUT2D eigenvalue weighted by Gasteiger charge is 2.26. The number of hydrogen-bond donors (Lipinski definition) is 1. The first-order valence-corrected chi connectivity index (χ1v) is 6.92. The molecule has 0 spiro atoms. The van der Waals surface area contributed by atoms with E-state index < -0.39 is 0 Å². The summed E-state index contributed by atoms with van der Waals surface area (Å²) in [5.41, 5.74) is 2.84. The second-order valence-corrected chi connectivity index (χ2v) is 5.81. The predicted octanol–water partition coefficient (Wildman–Crippen LogP) is 3.68. The average Bonchev–Trinajstić information content (AvgIpc) is 2.70. The molecular weight excluding hydrogens is 274 g/mol. The highest BCUT2D eigenvalue weighted by Crippen LogP contribution is 2.36. The van der Waals surface area contributed by atoms with E-state index in [4.69, 9.17) is 6.42 Å². The van der Waals surface area contributed by atoms with Gasteiger partial charge >= 0.3 is 0 Å². The highest BCUT2D eigenvalue weighted by molar-refractivity contribution is 9.10. The fourth-order valence-corrected chi connectivity index (χ4v) is 3.01. The Bertz CT molecular complexity index is 445. The van der Waals surface area contributed by atoms with Gasteiger partial charge in [0.1, 0.15) is 0 Å². The van der Waals surface area contributed by atoms with Gasteiger partial charge in [0.05, 0.1) is 6.04 Å². The lowest BCUT2D eigenvalue weighted by atomic mass is 10.0. The monoisotopic (exact) mass is 291 g/mol. The van der Waals surface area contributed by atoms with Gasteiger partial charge in [0.15, 0.2) is 0 Å². The Morgan fingerprint density at radius 2 is 2.24 bits per heavy atom. The molecular formula is C15H18BrN. The fourth-order valence-electron chi connectivity index (χ4n) is 2.43. The quantitative estimate of drug-likeness (QED) is 0.838. The van der Waals surface area contributed by atoms with E-state index in [-0.39, 0.29) is 6.04 Å². The van der Waals surface area contributed by atoms with Crippen molar-refractivity contribution in [1.82, 2.24) is 5.32 Å². The molecule has 0 heterocycles. The molecule has 0 aromatic heterocycles. The van der Waals surface area contributed by atoms with E-state index in [2.05, 4.69) is 59.2 Å². The second-order valence-electron chi connectivity index (χ2n) is 4.95. The van der Waals surface area contributed by atoms with Crippen LogP contribution >= 0.6 is 15.9 Å². The zero-order chi connectivity index (χ0) is 12.4. The summed E-state index contributed by atoms with van der Waals surface area (Å²) in [6.45, 7) is 4.32. The van der Waals surface area contributed by atoms with Gasteiger partial charge < -0.3 is 0 Å². The van der Waals surface area contributed by atoms with Crippen LogP contribution in [0, 0.1) is 18.3 Å². The number of nitrogens with one attached hydrogen (secondary N) is 1. The lowest BCUT2D eigenvalue weighted by molar-refractivity contribution is 0.414. The number of benzene rings is 1. The van der Waals surface area contributed by atoms with Crippen molar-refractivity contribution in [2.75, 3.05) is 0 Å². The summed E-state index contributed by atoms with van der Waals surface area (Å²) in [6.07, 6.45) is 7.85. The molecule has 1 aromatic carbocycles. The molecule has 2 rings (SSSR count). The fraction of sp³-hybridized carbons (Fsp3) is 0.467. The molecule has 0 amide bonds. The molecule has 2 unspecified atom stereocenters. The Hall–Kier alpha value is -0.780. The summed E-state index contributed by atoms with van der Waals surface area (Å²) in [5.74, 6) is 3.32. The third-order valence-electron chi connectivity index (χ3n) is 3.44. The number of rotatable bonds is 3. The number of halogens is 1. The maximum absolute atomic E-state index is 5.58. The Balaban J connectivity index is 2.18. The van der Waals surface area contributed by atoms with E-state index >= 15 is 0 Å². The van der Waals surface area contributed by atoms with Crippen LogP contribution in [0.4, 0.5) is 0 Å². The van der Waals surface area contributed by atoms with E-state index in [1.165, 1.54) is 15.6 Å². The number of terminal acetylenes is 1. The molecule has 2 atom stereocenters. The molecule has 0 saturated heterocycles. The standard InChI is InChI=1S/C15H18BrN/c1-4-14(10(2)3)17-15-9-8-11-12(15)6-5-7-13(11)16/h1,5-7,10,14-15,17H,8-9H2,2-3H3. The minimum atomic E-state index is 0.157. The van der Waals surface area contributed by atoms with E-state index in [0.717, 1.165) is 12.8 Å². The van der Waals surface area contributed by atoms with Crippen LogP contribution < -0.4 is 5.32 Å². The van der Waals surface area contributed by atoms with Gasteiger partial charge in [-0.05, 0) is 36.0 Å². The smallest absolute Gasteiger partial charge is 0.0714 e. The zero-order valence-electron chi connectivity index (χ0n) is 10.3. The van der Waals surface area contributed by atoms with Gasteiger partial charge in [-0.1, -0.05) is 47.8 Å². The lowest BCUT2D eigenvalue weighted by Gasteiger charge is -2.22. The molecule has 1 aliphatic rings. The Labute approximate surface area is 112 Å². The van der Waals surface area contributed by atoms with Crippen molar-refractivity contribution in [3.63, 3.8) is 0 Å². The van der Waals surface area contributed by atoms with Crippen LogP contribution in [0.15, 0.2) is 22.7 Å². The van der Waals surface area contributed by atoms with E-state index in [1.807, 2.05) is 0 Å². The molecule has 90 valence electrons. The first-order chi connectivity index (χ1) is 8.13. The summed E-state index contributed by atoms with van der Waals surface area (Å²) in [7, 11) is 0. The van der Waals surface area contributed by atoms with Crippen molar-refractivity contribution in [3.05, 3.63) is 33.8 Å². The van der Waals surface area contributed by atoms with Crippen molar-refractivity contribution < 1.29 is 0 Å². The molecule has 0 bridgehead atoms. The van der Waals surface area contributed by atoms with Crippen LogP contribution in [0.1, 0.15) is 37.4 Å². The first kappa shape index (κ1) is 12.7. The highest BCUT2D eigenvalue weighted by atomic mass is 79.9. The van der Waals surface area contributed by atoms with Gasteiger partial charge in [-0.3, -0.25) is 5.32 Å². The van der Waals surface area contributed by atoms with Crippen molar-refractivity contribution in [3.8, 4) is 12.3 Å². The maximum atomic E-state index is 5.58. The second kappa shape index (κ2) is 5.25. The zero-order valence-corrected chi connectivity index (χ0v) is 11.9. The lowest BCUT2D eigenvalue weighted by Crippen LogP contribution is -2.34. The van der Waals surface area contributed by atoms with Gasteiger partial charge in [-0.25, -0.2) is 0 Å². The summed E-state index contributed by atoms with van der Waals surface area (Å²) in [4.78, 5) is 0. The molecule has 1 aromatic rings. The number of hydrogen-bond acceptors (Lipinski definition) is 1. The number of fused-ring (bicyclic) bond motifs is 1. The minimum absolute atomic E-state index is 0.157. The topological polar surface area (TPSA) is 12.0 Å². The molecule has 2 heteroatoms. The Kier molecular flexibility index (Phi) is 3.91. The van der Waals surface area contributed by atoms with Crippen molar-refractivity contribution in [1.29, 1.82) is 0 Å². The van der Waals surface area contributed by atoms with Crippen LogP contribution in [0.25, 0.3) is 0 Å². The van der Waals surface area contributed by atoms with Crippen LogP contribution in [0.3, 0.4) is 0 Å². The van der Waals surface area contributed by atoms with E-state index in [9.17, 15) is 0 Å². The molecule has 17 heavy (non-hydrogen) atoms. The van der Waals surface area contributed by atoms with Crippen LogP contribution in [0.2, 0.25) is 0 Å². The largest absolute Gasteiger partial charge is 0.297 e. The van der Waals surface area contributed by atoms with Gasteiger partial charge in [-0.2, -0.15) is 0 Å². The van der Waals surface area contributed by atoms with Crippen molar-refractivity contribution in [2.24, 2.45) is 5.92 Å². The van der Waals surface area contributed by atoms with E-state index in [0.29, 0.717) is 12.0 Å². The molecule has 0 radical (unpaired) electrons. The average molecular weight is 292 g/mol. The van der Waals surface area contributed by atoms with Gasteiger partial charge in [-0.15, -0.1) is 6.42 Å². The normalized spacial score (nSPS) is 20.1. The Morgan fingerprint density at radius 1 is 1.47 bits per heavy atom. The molecule has 1 N–H and O–H groups in total. The first-order valence-electron chi connectivity index (χ1n) is 6.13. The summed E-state index contributed by atoms with van der Waals surface area (Å²) in [5, 5.41) is 3.59. The summed E-state index contributed by atoms with van der Waals surface area (Å²) >= 11 is 3.62. The summed E-state index contributed by atoms with van der Waals surface area (Å²) < 4.78 is 1.22. The SMILES string of the molecule is C#CC(NC1CCc2c(Br)cccc21)C(C)C. The third-order valence-corrected chi connectivity index (χ3v) is 4.18. The molecule has 0 aliphatic heterocycles.